The molecule has 0 aromatic heterocycles. The molecule has 0 bridgehead atoms. The highest BCUT2D eigenvalue weighted by Gasteiger charge is 2.03. The van der Waals surface area contributed by atoms with Crippen LogP contribution in [0.2, 0.25) is 0 Å². The summed E-state index contributed by atoms with van der Waals surface area (Å²) in [5.41, 5.74) is 1.23. The Morgan fingerprint density at radius 1 is 0.543 bits per heavy atom. The van der Waals surface area contributed by atoms with Gasteiger partial charge in [0.15, 0.2) is 0 Å². The lowest BCUT2D eigenvalue weighted by molar-refractivity contribution is -0.143. The predicted octanol–water partition coefficient (Wildman–Crippen LogP) is 10.8. The van der Waals surface area contributed by atoms with E-state index in [1.54, 1.807) is 0 Å². The molecule has 2 nitrogen and oxygen atoms in total. The maximum absolute atomic E-state index is 11.8. The van der Waals surface area contributed by atoms with Crippen LogP contribution in [-0.2, 0) is 16.0 Å². The highest BCUT2D eigenvalue weighted by Crippen LogP contribution is 2.15. The van der Waals surface area contributed by atoms with Crippen LogP contribution in [0.25, 0.3) is 0 Å². The minimum Gasteiger partial charge on any atom is -0.465 e. The molecule has 0 heterocycles. The van der Waals surface area contributed by atoms with Crippen molar-refractivity contribution in [3.63, 3.8) is 0 Å². The minimum absolute atomic E-state index is 0.0332. The van der Waals surface area contributed by atoms with Crippen LogP contribution in [0.5, 0.6) is 0 Å². The zero-order valence-corrected chi connectivity index (χ0v) is 23.4. The van der Waals surface area contributed by atoms with Crippen LogP contribution in [0.15, 0.2) is 30.3 Å². The van der Waals surface area contributed by atoms with E-state index in [9.17, 15) is 4.79 Å². The van der Waals surface area contributed by atoms with Crippen molar-refractivity contribution < 1.29 is 9.53 Å². The summed E-state index contributed by atoms with van der Waals surface area (Å²) in [7, 11) is 0. The van der Waals surface area contributed by atoms with Crippen molar-refractivity contribution in [2.75, 3.05) is 6.61 Å². The van der Waals surface area contributed by atoms with Gasteiger partial charge in [-0.05, 0) is 12.0 Å². The first kappa shape index (κ1) is 31.7. The van der Waals surface area contributed by atoms with Gasteiger partial charge in [-0.2, -0.15) is 0 Å². The molecule has 0 atom stereocenters. The van der Waals surface area contributed by atoms with Crippen LogP contribution in [-0.4, -0.2) is 12.6 Å². The van der Waals surface area contributed by atoms with Gasteiger partial charge in [0.05, 0.1) is 6.61 Å². The standard InChI is InChI=1S/C33H58O2/c1-2-3-4-5-6-7-8-9-10-11-12-13-14-15-16-17-18-19-20-21-22-26-29-33(34)35-31-30-32-27-24-23-25-28-32/h23-25,27-28H,2-22,26,29-31H2,1H3. The number of hydrogen-bond acceptors (Lipinski definition) is 2. The van der Waals surface area contributed by atoms with Gasteiger partial charge in [-0.15, -0.1) is 0 Å². The third kappa shape index (κ3) is 22.9. The summed E-state index contributed by atoms with van der Waals surface area (Å²) in [5.74, 6) is -0.0332. The van der Waals surface area contributed by atoms with Crippen molar-refractivity contribution in [3.8, 4) is 0 Å². The van der Waals surface area contributed by atoms with Crippen LogP contribution in [0.3, 0.4) is 0 Å². The molecule has 0 aliphatic carbocycles. The molecule has 0 spiro atoms. The number of ether oxygens (including phenoxy) is 1. The van der Waals surface area contributed by atoms with Gasteiger partial charge in [0, 0.05) is 12.8 Å². The van der Waals surface area contributed by atoms with Crippen LogP contribution in [0.1, 0.15) is 160 Å². The Kier molecular flexibility index (Phi) is 23.4. The largest absolute Gasteiger partial charge is 0.465 e. The van der Waals surface area contributed by atoms with Gasteiger partial charge in [0.1, 0.15) is 0 Å². The first-order valence-electron chi connectivity index (χ1n) is 15.5. The second-order valence-corrected chi connectivity index (χ2v) is 10.6. The number of esters is 1. The molecule has 0 aliphatic rings. The molecule has 1 rings (SSSR count). The second kappa shape index (κ2) is 25.8. The molecule has 0 aliphatic heterocycles. The van der Waals surface area contributed by atoms with Gasteiger partial charge in [-0.1, -0.05) is 172 Å². The quantitative estimate of drug-likeness (QED) is 0.0961. The van der Waals surface area contributed by atoms with Gasteiger partial charge in [0.25, 0.3) is 0 Å². The second-order valence-electron chi connectivity index (χ2n) is 10.6. The molecule has 202 valence electrons. The SMILES string of the molecule is CCCCCCCCCCCCCCCCCCCCCCCCC(=O)OCCc1ccccc1. The molecule has 0 unspecified atom stereocenters. The van der Waals surface area contributed by atoms with Gasteiger partial charge in [-0.3, -0.25) is 4.79 Å². The average Bonchev–Trinajstić information content (AvgIpc) is 2.87. The Bertz CT molecular complexity index is 553. The highest BCUT2D eigenvalue weighted by molar-refractivity contribution is 5.69. The average molecular weight is 487 g/mol. The molecule has 1 aromatic carbocycles. The van der Waals surface area contributed by atoms with Crippen molar-refractivity contribution in [2.45, 2.75) is 161 Å². The number of unbranched alkanes of at least 4 members (excludes halogenated alkanes) is 21. The van der Waals surface area contributed by atoms with Crippen molar-refractivity contribution >= 4 is 5.97 Å². The Hall–Kier alpha value is -1.31. The molecule has 2 heteroatoms. The number of carbonyl (C=O) groups excluding carboxylic acids is 1. The van der Waals surface area contributed by atoms with Gasteiger partial charge >= 0.3 is 5.97 Å². The van der Waals surface area contributed by atoms with E-state index in [2.05, 4.69) is 19.1 Å². The summed E-state index contributed by atoms with van der Waals surface area (Å²) >= 11 is 0. The van der Waals surface area contributed by atoms with Gasteiger partial charge in [0.2, 0.25) is 0 Å². The fraction of sp³-hybridized carbons (Fsp3) is 0.788. The van der Waals surface area contributed by atoms with Crippen LogP contribution < -0.4 is 0 Å². The summed E-state index contributed by atoms with van der Waals surface area (Å²) in [6.07, 6.45) is 32.0. The van der Waals surface area contributed by atoms with Gasteiger partial charge < -0.3 is 4.74 Å². The lowest BCUT2D eigenvalue weighted by Crippen LogP contribution is -2.07. The van der Waals surface area contributed by atoms with E-state index in [0.29, 0.717) is 13.0 Å². The van der Waals surface area contributed by atoms with E-state index in [0.717, 1.165) is 19.3 Å². The Morgan fingerprint density at radius 2 is 0.914 bits per heavy atom. The maximum atomic E-state index is 11.8. The van der Waals surface area contributed by atoms with E-state index in [4.69, 9.17) is 4.74 Å². The van der Waals surface area contributed by atoms with E-state index in [-0.39, 0.29) is 5.97 Å². The van der Waals surface area contributed by atoms with Crippen LogP contribution in [0.4, 0.5) is 0 Å². The zero-order valence-electron chi connectivity index (χ0n) is 23.4. The van der Waals surface area contributed by atoms with E-state index < -0.39 is 0 Å². The number of hydrogen-bond donors (Lipinski definition) is 0. The van der Waals surface area contributed by atoms with Crippen LogP contribution >= 0.6 is 0 Å². The summed E-state index contributed by atoms with van der Waals surface area (Å²) in [6.45, 7) is 2.80. The number of benzene rings is 1. The van der Waals surface area contributed by atoms with E-state index in [1.807, 2.05) is 18.2 Å². The van der Waals surface area contributed by atoms with E-state index >= 15 is 0 Å². The van der Waals surface area contributed by atoms with Crippen molar-refractivity contribution in [3.05, 3.63) is 35.9 Å². The highest BCUT2D eigenvalue weighted by atomic mass is 16.5. The summed E-state index contributed by atoms with van der Waals surface area (Å²) < 4.78 is 5.35. The molecule has 1 aromatic rings. The van der Waals surface area contributed by atoms with Crippen molar-refractivity contribution in [1.82, 2.24) is 0 Å². The summed E-state index contributed by atoms with van der Waals surface area (Å²) in [6, 6.07) is 10.2. The molecule has 0 N–H and O–H groups in total. The number of rotatable bonds is 26. The topological polar surface area (TPSA) is 26.3 Å². The van der Waals surface area contributed by atoms with E-state index in [1.165, 1.54) is 134 Å². The predicted molar refractivity (Wildman–Crippen MR) is 153 cm³/mol. The Labute approximate surface area is 219 Å². The molecule has 0 radical (unpaired) electrons. The van der Waals surface area contributed by atoms with Crippen LogP contribution in [0, 0.1) is 0 Å². The first-order valence-corrected chi connectivity index (χ1v) is 15.5. The zero-order chi connectivity index (χ0) is 25.1. The normalized spacial score (nSPS) is 11.1. The minimum atomic E-state index is -0.0332. The summed E-state index contributed by atoms with van der Waals surface area (Å²) in [4.78, 5) is 11.8. The molecule has 0 saturated heterocycles. The molecule has 0 amide bonds. The Balaban J connectivity index is 1.69. The fourth-order valence-electron chi connectivity index (χ4n) is 4.88. The first-order chi connectivity index (χ1) is 17.3. The molecular weight excluding hydrogens is 428 g/mol. The lowest BCUT2D eigenvalue weighted by Gasteiger charge is -2.05. The van der Waals surface area contributed by atoms with Crippen molar-refractivity contribution in [1.29, 1.82) is 0 Å². The molecule has 0 fully saturated rings. The molecular formula is C33H58O2. The monoisotopic (exact) mass is 486 g/mol. The summed E-state index contributed by atoms with van der Waals surface area (Å²) in [5, 5.41) is 0. The molecule has 35 heavy (non-hydrogen) atoms. The molecule has 0 saturated carbocycles. The lowest BCUT2D eigenvalue weighted by atomic mass is 10.0. The maximum Gasteiger partial charge on any atom is 0.305 e. The number of carbonyl (C=O) groups is 1. The van der Waals surface area contributed by atoms with Crippen molar-refractivity contribution in [2.24, 2.45) is 0 Å². The fourth-order valence-corrected chi connectivity index (χ4v) is 4.88. The van der Waals surface area contributed by atoms with Gasteiger partial charge in [-0.25, -0.2) is 0 Å². The Morgan fingerprint density at radius 3 is 1.31 bits per heavy atom. The smallest absolute Gasteiger partial charge is 0.305 e. The third-order valence-electron chi connectivity index (χ3n) is 7.23. The third-order valence-corrected chi connectivity index (χ3v) is 7.23.